The molecule has 0 aliphatic carbocycles. The number of benzene rings is 2. The second-order valence-corrected chi connectivity index (χ2v) is 6.84. The summed E-state index contributed by atoms with van der Waals surface area (Å²) in [4.78, 5) is 24.2. The van der Waals surface area contributed by atoms with Gasteiger partial charge >= 0.3 is 11.9 Å². The minimum absolute atomic E-state index is 0.109. The van der Waals surface area contributed by atoms with Crippen molar-refractivity contribution in [2.75, 3.05) is 0 Å². The Balaban J connectivity index is 1.53. The zero-order chi connectivity index (χ0) is 20.2. The highest BCUT2D eigenvalue weighted by atomic mass is 35.5. The standard InChI is InChI=1S/C22H15ClN4O2/c1-24-22-26-20(21(28)29-14-15-5-3-2-4-6-15)13-27(22)12-16-7-8-19-17(9-16)10-18(23)11-25-19/h2-11,13H,12,14H2. The van der Waals surface area contributed by atoms with Gasteiger partial charge in [0, 0.05) is 11.6 Å². The number of nitrogens with zero attached hydrogens (tertiary/aromatic N) is 4. The molecule has 2 heterocycles. The van der Waals surface area contributed by atoms with Gasteiger partial charge in [0.2, 0.25) is 5.69 Å². The van der Waals surface area contributed by atoms with Crippen LogP contribution in [-0.4, -0.2) is 20.5 Å². The third-order valence-electron chi connectivity index (χ3n) is 4.34. The topological polar surface area (TPSA) is 61.4 Å². The summed E-state index contributed by atoms with van der Waals surface area (Å²) in [6, 6.07) is 17.0. The highest BCUT2D eigenvalue weighted by molar-refractivity contribution is 6.31. The van der Waals surface area contributed by atoms with Crippen LogP contribution in [0.15, 0.2) is 67.0 Å². The fourth-order valence-electron chi connectivity index (χ4n) is 2.96. The average molecular weight is 403 g/mol. The molecule has 0 aliphatic rings. The number of imidazole rings is 1. The van der Waals surface area contributed by atoms with Gasteiger partial charge in [0.25, 0.3) is 0 Å². The van der Waals surface area contributed by atoms with Gasteiger partial charge < -0.3 is 9.58 Å². The molecule has 0 amide bonds. The Labute approximate surface area is 172 Å². The molecular formula is C22H15ClN4O2. The number of aromatic nitrogens is 3. The van der Waals surface area contributed by atoms with Crippen LogP contribution in [0.1, 0.15) is 21.6 Å². The fraction of sp³-hybridized carbons (Fsp3) is 0.0909. The lowest BCUT2D eigenvalue weighted by molar-refractivity contribution is 0.0466. The van der Waals surface area contributed by atoms with Crippen molar-refractivity contribution in [2.45, 2.75) is 13.2 Å². The Morgan fingerprint density at radius 3 is 2.76 bits per heavy atom. The van der Waals surface area contributed by atoms with Gasteiger partial charge in [-0.3, -0.25) is 9.55 Å². The van der Waals surface area contributed by atoms with Crippen molar-refractivity contribution < 1.29 is 9.53 Å². The van der Waals surface area contributed by atoms with Gasteiger partial charge in [0.15, 0.2) is 0 Å². The largest absolute Gasteiger partial charge is 0.455 e. The van der Waals surface area contributed by atoms with Crippen LogP contribution in [0.25, 0.3) is 15.7 Å². The third kappa shape index (κ3) is 4.26. The van der Waals surface area contributed by atoms with Crippen LogP contribution >= 0.6 is 11.6 Å². The predicted molar refractivity (Wildman–Crippen MR) is 110 cm³/mol. The van der Waals surface area contributed by atoms with Gasteiger partial charge in [-0.15, -0.1) is 11.6 Å². The molecule has 29 heavy (non-hydrogen) atoms. The number of ether oxygens (including phenoxy) is 1. The molecule has 4 aromatic rings. The molecule has 142 valence electrons. The van der Waals surface area contributed by atoms with Crippen molar-refractivity contribution in [3.8, 4) is 0 Å². The van der Waals surface area contributed by atoms with Crippen molar-refractivity contribution in [1.82, 2.24) is 14.5 Å². The maximum absolute atomic E-state index is 12.3. The zero-order valence-corrected chi connectivity index (χ0v) is 16.0. The van der Waals surface area contributed by atoms with Gasteiger partial charge in [0.05, 0.1) is 23.3 Å². The first-order valence-corrected chi connectivity index (χ1v) is 9.20. The highest BCUT2D eigenvalue weighted by Gasteiger charge is 2.19. The summed E-state index contributed by atoms with van der Waals surface area (Å²) < 4.78 is 6.94. The molecular weight excluding hydrogens is 388 g/mol. The van der Waals surface area contributed by atoms with Crippen molar-refractivity contribution in [3.05, 3.63) is 100 Å². The van der Waals surface area contributed by atoms with E-state index in [0.29, 0.717) is 11.6 Å². The molecule has 4 rings (SSSR count). The monoisotopic (exact) mass is 402 g/mol. The quantitative estimate of drug-likeness (QED) is 0.346. The number of rotatable bonds is 5. The molecule has 0 atom stereocenters. The van der Waals surface area contributed by atoms with Gasteiger partial charge in [-0.2, -0.15) is 0 Å². The van der Waals surface area contributed by atoms with E-state index in [4.69, 9.17) is 22.9 Å². The van der Waals surface area contributed by atoms with E-state index in [0.717, 1.165) is 22.0 Å². The van der Waals surface area contributed by atoms with Gasteiger partial charge in [0.1, 0.15) is 6.61 Å². The van der Waals surface area contributed by atoms with Crippen LogP contribution in [0.4, 0.5) is 5.95 Å². The number of halogens is 1. The molecule has 0 bridgehead atoms. The zero-order valence-electron chi connectivity index (χ0n) is 15.2. The molecule has 0 spiro atoms. The van der Waals surface area contributed by atoms with E-state index >= 15 is 0 Å². The first-order valence-electron chi connectivity index (χ1n) is 8.82. The average Bonchev–Trinajstić information content (AvgIpc) is 3.15. The normalized spacial score (nSPS) is 10.6. The maximum Gasteiger partial charge on any atom is 0.375 e. The summed E-state index contributed by atoms with van der Waals surface area (Å²) in [5, 5.41) is 1.46. The van der Waals surface area contributed by atoms with E-state index in [1.165, 1.54) is 0 Å². The minimum atomic E-state index is -0.563. The van der Waals surface area contributed by atoms with Crippen LogP contribution < -0.4 is 0 Å². The number of esters is 1. The Morgan fingerprint density at radius 1 is 1.14 bits per heavy atom. The van der Waals surface area contributed by atoms with Crippen LogP contribution in [0.5, 0.6) is 0 Å². The fourth-order valence-corrected chi connectivity index (χ4v) is 3.12. The van der Waals surface area contributed by atoms with Crippen LogP contribution in [0.2, 0.25) is 5.02 Å². The molecule has 0 radical (unpaired) electrons. The molecule has 0 saturated heterocycles. The van der Waals surface area contributed by atoms with Crippen molar-refractivity contribution >= 4 is 34.4 Å². The summed E-state index contributed by atoms with van der Waals surface area (Å²) in [6.07, 6.45) is 3.14. The smallest absolute Gasteiger partial charge is 0.375 e. The molecule has 7 heteroatoms. The second kappa shape index (κ2) is 8.13. The Kier molecular flexibility index (Phi) is 5.23. The van der Waals surface area contributed by atoms with E-state index < -0.39 is 5.97 Å². The SMILES string of the molecule is [C-]#[N+]c1nc(C(=O)OCc2ccccc2)cn1Cc1ccc2ncc(Cl)cc2c1. The molecule has 2 aromatic heterocycles. The second-order valence-electron chi connectivity index (χ2n) is 6.41. The number of pyridine rings is 1. The Morgan fingerprint density at radius 2 is 1.97 bits per heavy atom. The van der Waals surface area contributed by atoms with E-state index in [2.05, 4.69) is 14.8 Å². The number of hydrogen-bond acceptors (Lipinski definition) is 4. The molecule has 6 nitrogen and oxygen atoms in total. The van der Waals surface area contributed by atoms with Gasteiger partial charge in [-0.05, 0) is 29.3 Å². The number of fused-ring (bicyclic) bond motifs is 1. The van der Waals surface area contributed by atoms with E-state index in [1.54, 1.807) is 17.0 Å². The first-order chi connectivity index (χ1) is 14.1. The molecule has 0 saturated carbocycles. The lowest BCUT2D eigenvalue weighted by Gasteiger charge is -2.05. The van der Waals surface area contributed by atoms with Crippen LogP contribution in [0.3, 0.4) is 0 Å². The van der Waals surface area contributed by atoms with E-state index in [9.17, 15) is 4.79 Å². The number of carbonyl (C=O) groups excluding carboxylic acids is 1. The van der Waals surface area contributed by atoms with Crippen LogP contribution in [0, 0.1) is 6.57 Å². The summed E-state index contributed by atoms with van der Waals surface area (Å²) in [7, 11) is 0. The van der Waals surface area contributed by atoms with Crippen LogP contribution in [-0.2, 0) is 17.9 Å². The Bertz CT molecular complexity index is 1230. The molecule has 0 aliphatic heterocycles. The molecule has 2 aromatic carbocycles. The number of carbonyl (C=O) groups is 1. The molecule has 0 unspecified atom stereocenters. The Hall–Kier alpha value is -3.69. The molecule has 0 N–H and O–H groups in total. The predicted octanol–water partition coefficient (Wildman–Crippen LogP) is 5.04. The highest BCUT2D eigenvalue weighted by Crippen LogP contribution is 2.21. The van der Waals surface area contributed by atoms with Crippen molar-refractivity contribution in [3.63, 3.8) is 0 Å². The summed E-state index contributed by atoms with van der Waals surface area (Å²) >= 11 is 6.02. The van der Waals surface area contributed by atoms with E-state index in [1.807, 2.05) is 54.6 Å². The summed E-state index contributed by atoms with van der Waals surface area (Å²) in [5.41, 5.74) is 2.76. The third-order valence-corrected chi connectivity index (χ3v) is 4.55. The summed E-state index contributed by atoms with van der Waals surface area (Å²) in [5.74, 6) is -0.437. The lowest BCUT2D eigenvalue weighted by Crippen LogP contribution is -2.05. The molecule has 0 fully saturated rings. The number of hydrogen-bond donors (Lipinski definition) is 0. The first kappa shape index (κ1) is 18.7. The minimum Gasteiger partial charge on any atom is -0.455 e. The lowest BCUT2D eigenvalue weighted by atomic mass is 10.1. The van der Waals surface area contributed by atoms with E-state index in [-0.39, 0.29) is 18.2 Å². The maximum atomic E-state index is 12.3. The summed E-state index contributed by atoms with van der Waals surface area (Å²) in [6.45, 7) is 7.90. The van der Waals surface area contributed by atoms with Crippen molar-refractivity contribution in [1.29, 1.82) is 0 Å². The van der Waals surface area contributed by atoms with Gasteiger partial charge in [-0.25, -0.2) is 4.79 Å². The van der Waals surface area contributed by atoms with Gasteiger partial charge in [-0.1, -0.05) is 48.0 Å². The van der Waals surface area contributed by atoms with Crippen molar-refractivity contribution in [2.24, 2.45) is 0 Å².